The Morgan fingerprint density at radius 3 is 2.76 bits per heavy atom. The maximum Gasteiger partial charge on any atom is 0.310 e. The number of benzene rings is 2. The van der Waals surface area contributed by atoms with Gasteiger partial charge in [-0.2, -0.15) is 0 Å². The number of fused-ring (bicyclic) bond motifs is 1. The number of carbonyl (C=O) groups is 1. The number of hydrogen-bond donors (Lipinski definition) is 0. The molecule has 0 saturated carbocycles. The standard InChI is InChI=1S/C19H16Cl2O2S2/c1-2-23-19(22)7-13-11-25-18-9-15(5-6-16(13)18)24-10-12-3-4-14(20)8-17(12)21/h3-6,8-9,11H,2,7,10H2,1H3. The largest absolute Gasteiger partial charge is 0.466 e. The zero-order valence-electron chi connectivity index (χ0n) is 13.6. The third-order valence-electron chi connectivity index (χ3n) is 3.68. The number of thiophene rings is 1. The molecule has 0 spiro atoms. The van der Waals surface area contributed by atoms with Gasteiger partial charge in [0, 0.05) is 25.4 Å². The molecule has 0 aliphatic carbocycles. The Labute approximate surface area is 165 Å². The highest BCUT2D eigenvalue weighted by Crippen LogP contribution is 2.33. The molecule has 0 aliphatic rings. The lowest BCUT2D eigenvalue weighted by Crippen LogP contribution is -2.06. The fourth-order valence-corrected chi connectivity index (χ4v) is 5.03. The first-order valence-corrected chi connectivity index (χ1v) is 10.4. The molecule has 0 N–H and O–H groups in total. The monoisotopic (exact) mass is 410 g/mol. The summed E-state index contributed by atoms with van der Waals surface area (Å²) in [5.41, 5.74) is 2.08. The number of halogens is 2. The van der Waals surface area contributed by atoms with Crippen molar-refractivity contribution in [3.05, 3.63) is 63.0 Å². The second-order valence-corrected chi connectivity index (χ2v) is 8.23. The summed E-state index contributed by atoms with van der Waals surface area (Å²) in [6.45, 7) is 2.23. The van der Waals surface area contributed by atoms with Gasteiger partial charge in [0.15, 0.2) is 0 Å². The zero-order chi connectivity index (χ0) is 17.8. The van der Waals surface area contributed by atoms with Gasteiger partial charge in [0.2, 0.25) is 0 Å². The third-order valence-corrected chi connectivity index (χ3v) is 6.30. The van der Waals surface area contributed by atoms with Gasteiger partial charge in [-0.3, -0.25) is 4.79 Å². The van der Waals surface area contributed by atoms with Crippen molar-refractivity contribution in [3.63, 3.8) is 0 Å². The van der Waals surface area contributed by atoms with E-state index in [-0.39, 0.29) is 5.97 Å². The SMILES string of the molecule is CCOC(=O)Cc1csc2cc(SCc3ccc(Cl)cc3Cl)ccc12. The van der Waals surface area contributed by atoms with Crippen LogP contribution < -0.4 is 0 Å². The molecule has 0 aliphatic heterocycles. The fourth-order valence-electron chi connectivity index (χ4n) is 2.46. The molecule has 0 atom stereocenters. The van der Waals surface area contributed by atoms with Crippen molar-refractivity contribution >= 4 is 62.4 Å². The smallest absolute Gasteiger partial charge is 0.310 e. The lowest BCUT2D eigenvalue weighted by molar-refractivity contribution is -0.142. The summed E-state index contributed by atoms with van der Waals surface area (Å²) >= 11 is 15.5. The van der Waals surface area contributed by atoms with E-state index in [9.17, 15) is 4.79 Å². The highest BCUT2D eigenvalue weighted by atomic mass is 35.5. The van der Waals surface area contributed by atoms with Gasteiger partial charge < -0.3 is 4.74 Å². The van der Waals surface area contributed by atoms with E-state index in [4.69, 9.17) is 27.9 Å². The highest BCUT2D eigenvalue weighted by Gasteiger charge is 2.11. The molecule has 2 nitrogen and oxygen atoms in total. The molecule has 3 rings (SSSR count). The second-order valence-electron chi connectivity index (χ2n) is 5.43. The number of thioether (sulfide) groups is 1. The lowest BCUT2D eigenvalue weighted by atomic mass is 10.1. The summed E-state index contributed by atoms with van der Waals surface area (Å²) < 4.78 is 6.21. The first kappa shape index (κ1) is 18.6. The van der Waals surface area contributed by atoms with Crippen molar-refractivity contribution in [2.75, 3.05) is 6.61 Å². The Morgan fingerprint density at radius 1 is 1.16 bits per heavy atom. The number of rotatable bonds is 6. The van der Waals surface area contributed by atoms with Gasteiger partial charge in [-0.25, -0.2) is 0 Å². The van der Waals surface area contributed by atoms with Crippen molar-refractivity contribution in [1.29, 1.82) is 0 Å². The van der Waals surface area contributed by atoms with E-state index in [1.165, 1.54) is 9.60 Å². The van der Waals surface area contributed by atoms with Crippen LogP contribution in [0.1, 0.15) is 18.1 Å². The summed E-state index contributed by atoms with van der Waals surface area (Å²) in [4.78, 5) is 12.9. The summed E-state index contributed by atoms with van der Waals surface area (Å²) in [6, 6.07) is 11.9. The van der Waals surface area contributed by atoms with E-state index in [0.717, 1.165) is 22.3 Å². The molecule has 0 bridgehead atoms. The summed E-state index contributed by atoms with van der Waals surface area (Å²) in [6.07, 6.45) is 0.320. The van der Waals surface area contributed by atoms with E-state index in [0.29, 0.717) is 23.1 Å². The number of hydrogen-bond acceptors (Lipinski definition) is 4. The predicted molar refractivity (Wildman–Crippen MR) is 108 cm³/mol. The first-order chi connectivity index (χ1) is 12.1. The maximum atomic E-state index is 11.7. The van der Waals surface area contributed by atoms with Gasteiger partial charge in [-0.1, -0.05) is 35.3 Å². The van der Waals surface area contributed by atoms with Crippen LogP contribution in [-0.4, -0.2) is 12.6 Å². The fraction of sp³-hybridized carbons (Fsp3) is 0.211. The maximum absolute atomic E-state index is 11.7. The molecule has 0 radical (unpaired) electrons. The van der Waals surface area contributed by atoms with Gasteiger partial charge in [-0.15, -0.1) is 23.1 Å². The lowest BCUT2D eigenvalue weighted by Gasteiger charge is -2.06. The van der Waals surface area contributed by atoms with Crippen LogP contribution >= 0.6 is 46.3 Å². The normalized spacial score (nSPS) is 11.0. The minimum atomic E-state index is -0.182. The minimum absolute atomic E-state index is 0.182. The Bertz CT molecular complexity index is 906. The molecule has 0 fully saturated rings. The van der Waals surface area contributed by atoms with Crippen molar-refractivity contribution in [1.82, 2.24) is 0 Å². The molecule has 25 heavy (non-hydrogen) atoms. The molecule has 0 unspecified atom stereocenters. The van der Waals surface area contributed by atoms with Gasteiger partial charge in [-0.05, 0) is 53.1 Å². The number of esters is 1. The van der Waals surface area contributed by atoms with Crippen molar-refractivity contribution in [2.45, 2.75) is 24.0 Å². The van der Waals surface area contributed by atoms with Gasteiger partial charge in [0.25, 0.3) is 0 Å². The minimum Gasteiger partial charge on any atom is -0.466 e. The van der Waals surface area contributed by atoms with Crippen LogP contribution in [-0.2, 0) is 21.7 Å². The first-order valence-electron chi connectivity index (χ1n) is 7.79. The molecular weight excluding hydrogens is 395 g/mol. The molecule has 3 aromatic rings. The Kier molecular flexibility index (Phi) is 6.29. The summed E-state index contributed by atoms with van der Waals surface area (Å²) in [5.74, 6) is 0.598. The molecule has 2 aromatic carbocycles. The van der Waals surface area contributed by atoms with Crippen LogP contribution in [0.5, 0.6) is 0 Å². The van der Waals surface area contributed by atoms with E-state index in [1.807, 2.05) is 24.4 Å². The van der Waals surface area contributed by atoms with Crippen LogP contribution in [0.2, 0.25) is 10.0 Å². The Hall–Kier alpha value is -1.20. The van der Waals surface area contributed by atoms with Gasteiger partial charge in [0.05, 0.1) is 13.0 Å². The molecule has 0 saturated heterocycles. The third kappa shape index (κ3) is 4.70. The Balaban J connectivity index is 1.72. The van der Waals surface area contributed by atoms with Crippen molar-refractivity contribution in [3.8, 4) is 0 Å². The topological polar surface area (TPSA) is 26.3 Å². The predicted octanol–water partition coefficient (Wildman–Crippen LogP) is 6.61. The number of ether oxygens (including phenoxy) is 1. The van der Waals surface area contributed by atoms with E-state index >= 15 is 0 Å². The molecule has 6 heteroatoms. The molecule has 130 valence electrons. The average Bonchev–Trinajstić information content (AvgIpc) is 2.96. The Morgan fingerprint density at radius 2 is 2.00 bits per heavy atom. The van der Waals surface area contributed by atoms with Crippen molar-refractivity contribution < 1.29 is 9.53 Å². The molecular formula is C19H16Cl2O2S2. The molecule has 0 amide bonds. The van der Waals surface area contributed by atoms with Crippen LogP contribution in [0.3, 0.4) is 0 Å². The highest BCUT2D eigenvalue weighted by molar-refractivity contribution is 7.98. The average molecular weight is 411 g/mol. The van der Waals surface area contributed by atoms with Gasteiger partial charge in [0.1, 0.15) is 0 Å². The van der Waals surface area contributed by atoms with Crippen LogP contribution in [0.4, 0.5) is 0 Å². The summed E-state index contributed by atoms with van der Waals surface area (Å²) in [5, 5.41) is 4.49. The quantitative estimate of drug-likeness (QED) is 0.337. The van der Waals surface area contributed by atoms with Crippen molar-refractivity contribution in [2.24, 2.45) is 0 Å². The van der Waals surface area contributed by atoms with Gasteiger partial charge >= 0.3 is 5.97 Å². The van der Waals surface area contributed by atoms with E-state index < -0.39 is 0 Å². The zero-order valence-corrected chi connectivity index (χ0v) is 16.7. The summed E-state index contributed by atoms with van der Waals surface area (Å²) in [7, 11) is 0. The number of carbonyl (C=O) groups excluding carboxylic acids is 1. The van der Waals surface area contributed by atoms with Crippen LogP contribution in [0.15, 0.2) is 46.7 Å². The van der Waals surface area contributed by atoms with Crippen LogP contribution in [0.25, 0.3) is 10.1 Å². The van der Waals surface area contributed by atoms with Crippen LogP contribution in [0, 0.1) is 0 Å². The molecule has 1 heterocycles. The van der Waals surface area contributed by atoms with E-state index in [1.54, 1.807) is 29.2 Å². The molecule has 1 aromatic heterocycles. The van der Waals surface area contributed by atoms with E-state index in [2.05, 4.69) is 18.2 Å². The second kappa shape index (κ2) is 8.45.